The molecule has 20 heavy (non-hydrogen) atoms. The summed E-state index contributed by atoms with van der Waals surface area (Å²) in [5.74, 6) is 0.749. The Bertz CT molecular complexity index is 404. The first-order chi connectivity index (χ1) is 9.43. The molecule has 0 saturated heterocycles. The first-order valence-corrected chi connectivity index (χ1v) is 8.41. The molecule has 0 spiro atoms. The van der Waals surface area contributed by atoms with Gasteiger partial charge in [0.1, 0.15) is 0 Å². The molecule has 0 heterocycles. The van der Waals surface area contributed by atoms with Crippen LogP contribution in [0.5, 0.6) is 0 Å². The molecule has 0 aliphatic carbocycles. The molecule has 1 aromatic carbocycles. The molecule has 0 saturated carbocycles. The van der Waals surface area contributed by atoms with Crippen molar-refractivity contribution in [2.24, 2.45) is 5.92 Å². The van der Waals surface area contributed by atoms with E-state index < -0.39 is 0 Å². The zero-order valence-electron chi connectivity index (χ0n) is 13.5. The van der Waals surface area contributed by atoms with Crippen molar-refractivity contribution in [3.05, 3.63) is 33.8 Å². The second-order valence-corrected chi connectivity index (χ2v) is 6.95. The highest BCUT2D eigenvalue weighted by Crippen LogP contribution is 2.21. The summed E-state index contributed by atoms with van der Waals surface area (Å²) in [4.78, 5) is 2.43. The van der Waals surface area contributed by atoms with E-state index in [1.807, 2.05) is 0 Å². The number of benzene rings is 1. The van der Waals surface area contributed by atoms with Crippen molar-refractivity contribution in [2.45, 2.75) is 53.2 Å². The van der Waals surface area contributed by atoms with Gasteiger partial charge in [0, 0.05) is 23.6 Å². The van der Waals surface area contributed by atoms with Gasteiger partial charge in [-0.25, -0.2) is 0 Å². The van der Waals surface area contributed by atoms with Gasteiger partial charge in [0.05, 0.1) is 0 Å². The van der Waals surface area contributed by atoms with Gasteiger partial charge in [-0.15, -0.1) is 0 Å². The lowest BCUT2D eigenvalue weighted by atomic mass is 10.0. The number of hydrogen-bond donors (Lipinski definition) is 1. The van der Waals surface area contributed by atoms with Crippen molar-refractivity contribution >= 4 is 15.9 Å². The number of nitrogens with one attached hydrogen (secondary N) is 1. The monoisotopic (exact) mass is 340 g/mol. The first kappa shape index (κ1) is 17.7. The van der Waals surface area contributed by atoms with Crippen LogP contribution in [0.15, 0.2) is 22.7 Å². The largest absolute Gasteiger partial charge is 0.313 e. The summed E-state index contributed by atoms with van der Waals surface area (Å²) < 4.78 is 1.22. The van der Waals surface area contributed by atoms with Gasteiger partial charge in [-0.2, -0.15) is 0 Å². The van der Waals surface area contributed by atoms with Crippen LogP contribution in [0.4, 0.5) is 0 Å². The van der Waals surface area contributed by atoms with Crippen LogP contribution in [0.2, 0.25) is 0 Å². The molecule has 0 amide bonds. The molecule has 1 rings (SSSR count). The smallest absolute Gasteiger partial charge is 0.0244 e. The minimum atomic E-state index is 0.614. The summed E-state index contributed by atoms with van der Waals surface area (Å²) in [5, 5.41) is 3.36. The number of rotatable bonds is 8. The zero-order valence-corrected chi connectivity index (χ0v) is 15.1. The number of halogens is 1. The van der Waals surface area contributed by atoms with Gasteiger partial charge in [0.15, 0.2) is 0 Å². The molecule has 1 unspecified atom stereocenters. The van der Waals surface area contributed by atoms with Gasteiger partial charge < -0.3 is 5.32 Å². The first-order valence-electron chi connectivity index (χ1n) is 7.62. The Morgan fingerprint density at radius 1 is 1.25 bits per heavy atom. The van der Waals surface area contributed by atoms with Gasteiger partial charge in [0.25, 0.3) is 0 Å². The summed E-state index contributed by atoms with van der Waals surface area (Å²) in [6.07, 6.45) is 1.24. The Labute approximate surface area is 133 Å². The maximum Gasteiger partial charge on any atom is 0.0244 e. The SMILES string of the molecule is CCNCc1ccc(CN(C)C(C)CC(C)C)c(Br)c1. The lowest BCUT2D eigenvalue weighted by Gasteiger charge is -2.26. The van der Waals surface area contributed by atoms with Crippen LogP contribution >= 0.6 is 15.9 Å². The average molecular weight is 341 g/mol. The van der Waals surface area contributed by atoms with Crippen molar-refractivity contribution in [3.8, 4) is 0 Å². The highest BCUT2D eigenvalue weighted by atomic mass is 79.9. The Morgan fingerprint density at radius 2 is 1.95 bits per heavy atom. The van der Waals surface area contributed by atoms with E-state index in [2.05, 4.69) is 79.1 Å². The Morgan fingerprint density at radius 3 is 2.50 bits per heavy atom. The second-order valence-electron chi connectivity index (χ2n) is 6.10. The Hall–Kier alpha value is -0.380. The Balaban J connectivity index is 2.63. The third-order valence-corrected chi connectivity index (χ3v) is 4.42. The van der Waals surface area contributed by atoms with Crippen LogP contribution in [-0.2, 0) is 13.1 Å². The van der Waals surface area contributed by atoms with E-state index in [1.54, 1.807) is 0 Å². The molecule has 0 radical (unpaired) electrons. The summed E-state index contributed by atoms with van der Waals surface area (Å²) in [6.45, 7) is 12.0. The van der Waals surface area contributed by atoms with E-state index in [-0.39, 0.29) is 0 Å². The molecule has 1 N–H and O–H groups in total. The third kappa shape index (κ3) is 5.94. The highest BCUT2D eigenvalue weighted by Gasteiger charge is 2.12. The molecule has 0 fully saturated rings. The van der Waals surface area contributed by atoms with Gasteiger partial charge in [-0.05, 0) is 50.0 Å². The summed E-state index contributed by atoms with van der Waals surface area (Å²) in [6, 6.07) is 7.32. The fourth-order valence-electron chi connectivity index (χ4n) is 2.39. The van der Waals surface area contributed by atoms with Gasteiger partial charge in [-0.1, -0.05) is 48.8 Å². The van der Waals surface area contributed by atoms with Crippen molar-refractivity contribution in [2.75, 3.05) is 13.6 Å². The zero-order chi connectivity index (χ0) is 15.1. The van der Waals surface area contributed by atoms with Crippen LogP contribution in [0.3, 0.4) is 0 Å². The maximum atomic E-state index is 3.71. The van der Waals surface area contributed by atoms with E-state index >= 15 is 0 Å². The van der Waals surface area contributed by atoms with E-state index in [1.165, 1.54) is 22.0 Å². The van der Waals surface area contributed by atoms with Crippen molar-refractivity contribution in [3.63, 3.8) is 0 Å². The van der Waals surface area contributed by atoms with Gasteiger partial charge in [0.2, 0.25) is 0 Å². The predicted molar refractivity (Wildman–Crippen MR) is 91.9 cm³/mol. The fraction of sp³-hybridized carbons (Fsp3) is 0.647. The Kier molecular flexibility index (Phi) is 7.78. The summed E-state index contributed by atoms with van der Waals surface area (Å²) in [5.41, 5.74) is 2.70. The molecular formula is C17H29BrN2. The molecule has 0 bridgehead atoms. The van der Waals surface area contributed by atoms with E-state index in [9.17, 15) is 0 Å². The lowest BCUT2D eigenvalue weighted by Crippen LogP contribution is -2.29. The minimum Gasteiger partial charge on any atom is -0.313 e. The van der Waals surface area contributed by atoms with E-state index in [0.717, 1.165) is 25.6 Å². The molecule has 0 aliphatic heterocycles. The van der Waals surface area contributed by atoms with Crippen LogP contribution in [0, 0.1) is 5.92 Å². The fourth-order valence-corrected chi connectivity index (χ4v) is 2.94. The summed E-state index contributed by atoms with van der Waals surface area (Å²) in [7, 11) is 2.21. The molecule has 2 nitrogen and oxygen atoms in total. The minimum absolute atomic E-state index is 0.614. The molecule has 1 atom stereocenters. The van der Waals surface area contributed by atoms with Crippen LogP contribution in [0.25, 0.3) is 0 Å². The van der Waals surface area contributed by atoms with Crippen LogP contribution in [0.1, 0.15) is 45.2 Å². The highest BCUT2D eigenvalue weighted by molar-refractivity contribution is 9.10. The average Bonchev–Trinajstić information content (AvgIpc) is 2.38. The van der Waals surface area contributed by atoms with Crippen molar-refractivity contribution in [1.29, 1.82) is 0 Å². The van der Waals surface area contributed by atoms with Crippen LogP contribution < -0.4 is 5.32 Å². The molecule has 1 aromatic rings. The molecule has 0 aliphatic rings. The van der Waals surface area contributed by atoms with E-state index in [0.29, 0.717) is 6.04 Å². The summed E-state index contributed by atoms with van der Waals surface area (Å²) >= 11 is 3.71. The standard InChI is InChI=1S/C17H29BrN2/c1-6-19-11-15-7-8-16(17(18)10-15)12-20(5)14(4)9-13(2)3/h7-8,10,13-14,19H,6,9,11-12H2,1-5H3. The van der Waals surface area contributed by atoms with Crippen LogP contribution in [-0.4, -0.2) is 24.5 Å². The third-order valence-electron chi connectivity index (χ3n) is 3.68. The second kappa shape index (κ2) is 8.81. The lowest BCUT2D eigenvalue weighted by molar-refractivity contribution is 0.220. The van der Waals surface area contributed by atoms with Gasteiger partial charge in [-0.3, -0.25) is 4.90 Å². The van der Waals surface area contributed by atoms with Crippen molar-refractivity contribution in [1.82, 2.24) is 10.2 Å². The molecule has 0 aromatic heterocycles. The molecule has 114 valence electrons. The normalized spacial score (nSPS) is 13.2. The van der Waals surface area contributed by atoms with Crippen molar-refractivity contribution < 1.29 is 0 Å². The molecule has 3 heteroatoms. The van der Waals surface area contributed by atoms with Gasteiger partial charge >= 0.3 is 0 Å². The molecular weight excluding hydrogens is 312 g/mol. The quantitative estimate of drug-likeness (QED) is 0.753. The maximum absolute atomic E-state index is 3.71. The number of hydrogen-bond acceptors (Lipinski definition) is 2. The predicted octanol–water partition coefficient (Wildman–Crippen LogP) is 4.43. The topological polar surface area (TPSA) is 15.3 Å². The van der Waals surface area contributed by atoms with E-state index in [4.69, 9.17) is 0 Å². The number of nitrogens with zero attached hydrogens (tertiary/aromatic N) is 1.